The Bertz CT molecular complexity index is 494. The molecule has 1 heterocycles. The maximum absolute atomic E-state index is 9.14. The van der Waals surface area contributed by atoms with Crippen molar-refractivity contribution in [3.05, 3.63) is 11.9 Å². The molecule has 0 aromatic heterocycles. The largest absolute Gasteiger partial charge is 0.387 e. The van der Waals surface area contributed by atoms with Gasteiger partial charge in [0.05, 0.1) is 12.0 Å². The summed E-state index contributed by atoms with van der Waals surface area (Å²) in [6, 6.07) is 2.32. The molecule has 2 unspecified atom stereocenters. The first kappa shape index (κ1) is 16.7. The smallest absolute Gasteiger partial charge is 0.221 e. The molecular weight excluding hydrogens is 266 g/mol. The number of hydrogen-bond donors (Lipinski definition) is 2. The van der Waals surface area contributed by atoms with Gasteiger partial charge in [0.1, 0.15) is 6.07 Å². The molecule has 0 aromatic carbocycles. The van der Waals surface area contributed by atoms with Gasteiger partial charge in [-0.3, -0.25) is 0 Å². The number of nitrogens with two attached hydrogens (primary N) is 1. The highest BCUT2D eigenvalue weighted by Crippen LogP contribution is 2.21. The average Bonchev–Trinajstić information content (AvgIpc) is 2.44. The van der Waals surface area contributed by atoms with Crippen LogP contribution in [-0.2, 0) is 0 Å². The third kappa shape index (κ3) is 5.26. The summed E-state index contributed by atoms with van der Waals surface area (Å²) >= 11 is 0. The van der Waals surface area contributed by atoms with Crippen LogP contribution >= 0.6 is 0 Å². The van der Waals surface area contributed by atoms with Crippen LogP contribution in [0.5, 0.6) is 0 Å². The molecule has 7 heteroatoms. The number of guanidine groups is 1. The molecule has 114 valence electrons. The molecule has 1 fully saturated rings. The van der Waals surface area contributed by atoms with E-state index in [1.165, 1.54) is 12.6 Å². The summed E-state index contributed by atoms with van der Waals surface area (Å²) in [5.74, 6) is 1.45. The number of hydrazone groups is 1. The molecular formula is C14H23N7. The number of piperidine rings is 1. The molecule has 1 saturated heterocycles. The van der Waals surface area contributed by atoms with Crippen molar-refractivity contribution in [1.82, 2.24) is 10.3 Å². The lowest BCUT2D eigenvalue weighted by molar-refractivity contribution is 0.201. The highest BCUT2D eigenvalue weighted by molar-refractivity contribution is 5.82. The predicted octanol–water partition coefficient (Wildman–Crippen LogP) is 1.41. The lowest BCUT2D eigenvalue weighted by Gasteiger charge is -2.38. The third-order valence-electron chi connectivity index (χ3n) is 3.30. The number of nitriles is 1. The first-order valence-electron chi connectivity index (χ1n) is 6.95. The number of nitrogens with zero attached hydrogens (tertiary/aromatic N) is 5. The predicted molar refractivity (Wildman–Crippen MR) is 85.7 cm³/mol. The van der Waals surface area contributed by atoms with Crippen LogP contribution in [0.2, 0.25) is 0 Å². The van der Waals surface area contributed by atoms with Gasteiger partial charge in [-0.15, -0.1) is 0 Å². The summed E-state index contributed by atoms with van der Waals surface area (Å²) in [5, 5.41) is 12.8. The minimum atomic E-state index is 0.163. The van der Waals surface area contributed by atoms with E-state index in [1.54, 1.807) is 6.92 Å². The van der Waals surface area contributed by atoms with Gasteiger partial charge in [0.25, 0.3) is 0 Å². The lowest BCUT2D eigenvalue weighted by atomic mass is 9.95. The van der Waals surface area contributed by atoms with Crippen LogP contribution < -0.4 is 11.2 Å². The van der Waals surface area contributed by atoms with Crippen molar-refractivity contribution in [2.45, 2.75) is 39.7 Å². The SMILES string of the molecule is C=NNC(=N/C(C#N)=C\N=C(C)N)N1CC(C)CCC1C. The van der Waals surface area contributed by atoms with E-state index in [0.29, 0.717) is 23.8 Å². The number of aliphatic imine (C=N–C) groups is 2. The minimum absolute atomic E-state index is 0.163. The molecule has 1 aliphatic heterocycles. The summed E-state index contributed by atoms with van der Waals surface area (Å²) in [4.78, 5) is 10.3. The van der Waals surface area contributed by atoms with Crippen molar-refractivity contribution in [2.24, 2.45) is 26.7 Å². The molecule has 0 bridgehead atoms. The summed E-state index contributed by atoms with van der Waals surface area (Å²) in [6.07, 6.45) is 3.60. The zero-order valence-corrected chi connectivity index (χ0v) is 12.9. The highest BCUT2D eigenvalue weighted by Gasteiger charge is 2.25. The van der Waals surface area contributed by atoms with E-state index in [9.17, 15) is 0 Å². The van der Waals surface area contributed by atoms with Gasteiger partial charge in [-0.1, -0.05) is 6.92 Å². The Balaban J connectivity index is 3.06. The molecule has 0 saturated carbocycles. The molecule has 7 nitrogen and oxygen atoms in total. The van der Waals surface area contributed by atoms with E-state index >= 15 is 0 Å². The van der Waals surface area contributed by atoms with Crippen molar-refractivity contribution in [3.8, 4) is 6.07 Å². The van der Waals surface area contributed by atoms with Gasteiger partial charge in [-0.2, -0.15) is 10.4 Å². The zero-order chi connectivity index (χ0) is 15.8. The average molecular weight is 289 g/mol. The van der Waals surface area contributed by atoms with Gasteiger partial charge in [-0.25, -0.2) is 15.4 Å². The summed E-state index contributed by atoms with van der Waals surface area (Å²) < 4.78 is 0. The van der Waals surface area contributed by atoms with Crippen LogP contribution in [0, 0.1) is 17.2 Å². The van der Waals surface area contributed by atoms with Crippen molar-refractivity contribution < 1.29 is 0 Å². The molecule has 1 rings (SSSR count). The molecule has 3 N–H and O–H groups in total. The highest BCUT2D eigenvalue weighted by atomic mass is 15.4. The number of allylic oxidation sites excluding steroid dienone is 1. The molecule has 0 amide bonds. The normalized spacial score (nSPS) is 24.5. The summed E-state index contributed by atoms with van der Waals surface area (Å²) in [7, 11) is 0. The van der Waals surface area contributed by atoms with E-state index in [4.69, 9.17) is 11.0 Å². The van der Waals surface area contributed by atoms with Crippen molar-refractivity contribution >= 4 is 18.5 Å². The zero-order valence-electron chi connectivity index (χ0n) is 12.9. The summed E-state index contributed by atoms with van der Waals surface area (Å²) in [6.45, 7) is 10.3. The Labute approximate surface area is 125 Å². The molecule has 21 heavy (non-hydrogen) atoms. The van der Waals surface area contributed by atoms with Gasteiger partial charge >= 0.3 is 0 Å². The summed E-state index contributed by atoms with van der Waals surface area (Å²) in [5.41, 5.74) is 8.40. The van der Waals surface area contributed by atoms with Crippen molar-refractivity contribution in [3.63, 3.8) is 0 Å². The Hall–Kier alpha value is -2.36. The van der Waals surface area contributed by atoms with Crippen LogP contribution in [-0.4, -0.2) is 36.0 Å². The fourth-order valence-electron chi connectivity index (χ4n) is 2.17. The van der Waals surface area contributed by atoms with E-state index < -0.39 is 0 Å². The second kappa shape index (κ2) is 8.04. The maximum Gasteiger partial charge on any atom is 0.221 e. The Kier molecular flexibility index (Phi) is 6.40. The fourth-order valence-corrected chi connectivity index (χ4v) is 2.17. The molecule has 2 atom stereocenters. The molecule has 0 aliphatic carbocycles. The maximum atomic E-state index is 9.14. The van der Waals surface area contributed by atoms with Crippen LogP contribution in [0.4, 0.5) is 0 Å². The van der Waals surface area contributed by atoms with E-state index in [-0.39, 0.29) is 5.70 Å². The molecule has 0 aromatic rings. The number of amidine groups is 1. The minimum Gasteiger partial charge on any atom is -0.387 e. The molecule has 0 radical (unpaired) electrons. The number of hydrogen-bond acceptors (Lipinski definition) is 4. The van der Waals surface area contributed by atoms with E-state index in [0.717, 1.165) is 13.0 Å². The van der Waals surface area contributed by atoms with E-state index in [1.807, 2.05) is 6.07 Å². The first-order chi connectivity index (χ1) is 9.97. The van der Waals surface area contributed by atoms with Crippen LogP contribution in [0.1, 0.15) is 33.6 Å². The quantitative estimate of drug-likeness (QED) is 0.355. The fraction of sp³-hybridized carbons (Fsp3) is 0.571. The number of nitrogens with one attached hydrogen (secondary N) is 1. The third-order valence-corrected chi connectivity index (χ3v) is 3.30. The van der Waals surface area contributed by atoms with Crippen LogP contribution in [0.25, 0.3) is 0 Å². The number of rotatable bonds is 3. The van der Waals surface area contributed by atoms with Crippen LogP contribution in [0.15, 0.2) is 27.0 Å². The topological polar surface area (TPSA) is 102 Å². The van der Waals surface area contributed by atoms with E-state index in [2.05, 4.69) is 46.0 Å². The van der Waals surface area contributed by atoms with Gasteiger partial charge in [0.15, 0.2) is 5.70 Å². The van der Waals surface area contributed by atoms with Crippen LogP contribution in [0.3, 0.4) is 0 Å². The van der Waals surface area contributed by atoms with Gasteiger partial charge < -0.3 is 10.6 Å². The monoisotopic (exact) mass is 289 g/mol. The van der Waals surface area contributed by atoms with Crippen molar-refractivity contribution in [1.29, 1.82) is 5.26 Å². The Morgan fingerprint density at radius 1 is 1.48 bits per heavy atom. The second-order valence-electron chi connectivity index (χ2n) is 5.29. The standard InChI is InChI=1S/C14H23N7/c1-10-5-6-11(2)21(9-10)14(20-17-4)19-13(7-15)8-18-12(3)16/h8,10-11H,4-6,9H2,1-3H3,(H2,16,18)(H,19,20)/b13-8-. The Morgan fingerprint density at radius 3 is 2.76 bits per heavy atom. The van der Waals surface area contributed by atoms with Gasteiger partial charge in [0, 0.05) is 19.3 Å². The van der Waals surface area contributed by atoms with Crippen molar-refractivity contribution in [2.75, 3.05) is 6.54 Å². The first-order valence-corrected chi connectivity index (χ1v) is 6.95. The van der Waals surface area contributed by atoms with Gasteiger partial charge in [-0.05, 0) is 32.6 Å². The molecule has 0 spiro atoms. The van der Waals surface area contributed by atoms with Gasteiger partial charge in [0.2, 0.25) is 5.96 Å². The lowest BCUT2D eigenvalue weighted by Crippen LogP contribution is -2.49. The molecule has 1 aliphatic rings. The Morgan fingerprint density at radius 2 is 2.19 bits per heavy atom. The number of likely N-dealkylation sites (tertiary alicyclic amines) is 1. The second-order valence-corrected chi connectivity index (χ2v) is 5.29.